The summed E-state index contributed by atoms with van der Waals surface area (Å²) < 4.78 is 31.5. The number of carbonyl (C=O) groups excluding carboxylic acids is 2. The Hall–Kier alpha value is -2.96. The third-order valence-corrected chi connectivity index (χ3v) is 4.07. The Morgan fingerprint density at radius 1 is 1.04 bits per heavy atom. The molecule has 144 valence electrons. The zero-order chi connectivity index (χ0) is 19.8. The van der Waals surface area contributed by atoms with Crippen molar-refractivity contribution in [2.45, 2.75) is 25.9 Å². The molecule has 0 heterocycles. The number of hydrogen-bond acceptors (Lipinski definition) is 3. The summed E-state index contributed by atoms with van der Waals surface area (Å²) >= 11 is 0. The molecule has 2 rings (SSSR count). The van der Waals surface area contributed by atoms with Crippen LogP contribution in [0.15, 0.2) is 48.5 Å². The molecule has 0 radical (unpaired) electrons. The van der Waals surface area contributed by atoms with Crippen LogP contribution in [0.5, 0.6) is 5.75 Å². The van der Waals surface area contributed by atoms with E-state index >= 15 is 0 Å². The highest BCUT2D eigenvalue weighted by Crippen LogP contribution is 2.15. The van der Waals surface area contributed by atoms with E-state index in [9.17, 15) is 18.4 Å². The molecular weight excluding hydrogens is 354 g/mol. The van der Waals surface area contributed by atoms with E-state index < -0.39 is 17.8 Å². The van der Waals surface area contributed by atoms with E-state index in [1.54, 1.807) is 19.1 Å². The third-order valence-electron chi connectivity index (χ3n) is 4.07. The first-order valence-electron chi connectivity index (χ1n) is 8.58. The molecule has 0 aromatic heterocycles. The van der Waals surface area contributed by atoms with Crippen molar-refractivity contribution in [3.8, 4) is 5.75 Å². The average Bonchev–Trinajstić information content (AvgIpc) is 2.68. The van der Waals surface area contributed by atoms with Gasteiger partial charge in [0.1, 0.15) is 23.4 Å². The van der Waals surface area contributed by atoms with Crippen molar-refractivity contribution in [1.82, 2.24) is 10.2 Å². The van der Waals surface area contributed by atoms with Gasteiger partial charge in [0, 0.05) is 13.6 Å². The normalized spacial score (nSPS) is 11.6. The molecule has 7 heteroatoms. The number of hydrogen-bond donors (Lipinski definition) is 1. The molecule has 2 amide bonds. The van der Waals surface area contributed by atoms with Crippen molar-refractivity contribution in [3.05, 3.63) is 65.7 Å². The number of halogens is 2. The van der Waals surface area contributed by atoms with Crippen molar-refractivity contribution in [2.24, 2.45) is 0 Å². The van der Waals surface area contributed by atoms with Gasteiger partial charge in [-0.3, -0.25) is 9.59 Å². The van der Waals surface area contributed by atoms with Crippen molar-refractivity contribution >= 4 is 11.8 Å². The molecule has 0 fully saturated rings. The van der Waals surface area contributed by atoms with Gasteiger partial charge in [-0.2, -0.15) is 0 Å². The van der Waals surface area contributed by atoms with Gasteiger partial charge in [0.15, 0.2) is 6.61 Å². The summed E-state index contributed by atoms with van der Waals surface area (Å²) in [6, 6.07) is 10.3. The largest absolute Gasteiger partial charge is 0.484 e. The van der Waals surface area contributed by atoms with Gasteiger partial charge in [0.05, 0.1) is 0 Å². The quantitative estimate of drug-likeness (QED) is 0.771. The topological polar surface area (TPSA) is 58.6 Å². The Labute approximate surface area is 156 Å². The van der Waals surface area contributed by atoms with Gasteiger partial charge in [-0.1, -0.05) is 19.1 Å². The van der Waals surface area contributed by atoms with Gasteiger partial charge in [-0.05, 0) is 48.4 Å². The first kappa shape index (κ1) is 20.4. The molecule has 1 N–H and O–H groups in total. The molecule has 27 heavy (non-hydrogen) atoms. The Kier molecular flexibility index (Phi) is 7.28. The van der Waals surface area contributed by atoms with E-state index in [1.165, 1.54) is 48.3 Å². The highest BCUT2D eigenvalue weighted by molar-refractivity contribution is 5.88. The Balaban J connectivity index is 2.15. The second-order valence-corrected chi connectivity index (χ2v) is 5.93. The monoisotopic (exact) mass is 376 g/mol. The Morgan fingerprint density at radius 3 is 2.11 bits per heavy atom. The van der Waals surface area contributed by atoms with Crippen LogP contribution in [0.1, 0.15) is 18.9 Å². The standard InChI is InChI=1S/C20H22F2N2O3/c1-3-18(20(26)23-2)24(12-14-4-6-15(21)7-5-14)19(25)13-27-17-10-8-16(22)9-11-17/h4-11,18H,3,12-13H2,1-2H3,(H,23,26). The Morgan fingerprint density at radius 2 is 1.59 bits per heavy atom. The number of nitrogens with zero attached hydrogens (tertiary/aromatic N) is 1. The minimum Gasteiger partial charge on any atom is -0.484 e. The summed E-state index contributed by atoms with van der Waals surface area (Å²) in [5.41, 5.74) is 0.689. The maximum absolute atomic E-state index is 13.1. The third kappa shape index (κ3) is 5.77. The first-order chi connectivity index (χ1) is 12.9. The summed E-state index contributed by atoms with van der Waals surface area (Å²) in [4.78, 5) is 26.3. The summed E-state index contributed by atoms with van der Waals surface area (Å²) in [7, 11) is 1.50. The molecule has 2 aromatic rings. The number of carbonyl (C=O) groups is 2. The van der Waals surface area contributed by atoms with E-state index in [2.05, 4.69) is 5.32 Å². The molecule has 0 saturated carbocycles. The second kappa shape index (κ2) is 9.66. The fourth-order valence-electron chi connectivity index (χ4n) is 2.63. The first-order valence-corrected chi connectivity index (χ1v) is 8.58. The Bertz CT molecular complexity index is 764. The van der Waals surface area contributed by atoms with Crippen LogP contribution in [0.2, 0.25) is 0 Å². The smallest absolute Gasteiger partial charge is 0.261 e. The predicted molar refractivity (Wildman–Crippen MR) is 97.0 cm³/mol. The molecule has 1 unspecified atom stereocenters. The van der Waals surface area contributed by atoms with Gasteiger partial charge in [-0.25, -0.2) is 8.78 Å². The van der Waals surface area contributed by atoms with Crippen LogP contribution in [0, 0.1) is 11.6 Å². The van der Waals surface area contributed by atoms with Crippen LogP contribution in [-0.4, -0.2) is 36.4 Å². The number of rotatable bonds is 8. The van der Waals surface area contributed by atoms with Crippen LogP contribution in [0.3, 0.4) is 0 Å². The van der Waals surface area contributed by atoms with Gasteiger partial charge in [0.25, 0.3) is 5.91 Å². The molecular formula is C20H22F2N2O3. The van der Waals surface area contributed by atoms with Gasteiger partial charge in [-0.15, -0.1) is 0 Å². The molecule has 5 nitrogen and oxygen atoms in total. The predicted octanol–water partition coefficient (Wildman–Crippen LogP) is 2.90. The maximum Gasteiger partial charge on any atom is 0.261 e. The fourth-order valence-corrected chi connectivity index (χ4v) is 2.63. The van der Waals surface area contributed by atoms with E-state index in [1.807, 2.05) is 0 Å². The van der Waals surface area contributed by atoms with Gasteiger partial charge < -0.3 is 15.0 Å². The molecule has 0 bridgehead atoms. The van der Waals surface area contributed by atoms with Crippen LogP contribution >= 0.6 is 0 Å². The molecule has 1 atom stereocenters. The second-order valence-electron chi connectivity index (χ2n) is 5.93. The number of likely N-dealkylation sites (N-methyl/N-ethyl adjacent to an activating group) is 1. The summed E-state index contributed by atoms with van der Waals surface area (Å²) in [5.74, 6) is -1.14. The number of amides is 2. The van der Waals surface area contributed by atoms with Crippen molar-refractivity contribution in [1.29, 1.82) is 0 Å². The lowest BCUT2D eigenvalue weighted by Gasteiger charge is -2.30. The van der Waals surface area contributed by atoms with Crippen LogP contribution in [0.25, 0.3) is 0 Å². The van der Waals surface area contributed by atoms with Crippen molar-refractivity contribution < 1.29 is 23.1 Å². The summed E-state index contributed by atoms with van der Waals surface area (Å²) in [6.07, 6.45) is 0.406. The molecule has 0 saturated heterocycles. The summed E-state index contributed by atoms with van der Waals surface area (Å²) in [6.45, 7) is 1.63. The maximum atomic E-state index is 13.1. The lowest BCUT2D eigenvalue weighted by Crippen LogP contribution is -2.49. The number of nitrogens with one attached hydrogen (secondary N) is 1. The zero-order valence-electron chi connectivity index (χ0n) is 15.2. The number of benzene rings is 2. The molecule has 0 aliphatic rings. The lowest BCUT2D eigenvalue weighted by molar-refractivity contribution is -0.142. The highest BCUT2D eigenvalue weighted by atomic mass is 19.1. The average molecular weight is 376 g/mol. The van der Waals surface area contributed by atoms with Crippen LogP contribution in [-0.2, 0) is 16.1 Å². The van der Waals surface area contributed by atoms with E-state index in [0.717, 1.165) is 0 Å². The van der Waals surface area contributed by atoms with Crippen LogP contribution < -0.4 is 10.1 Å². The molecule has 2 aromatic carbocycles. The number of ether oxygens (including phenoxy) is 1. The molecule has 0 aliphatic heterocycles. The molecule has 0 aliphatic carbocycles. The van der Waals surface area contributed by atoms with Crippen molar-refractivity contribution in [2.75, 3.05) is 13.7 Å². The zero-order valence-corrected chi connectivity index (χ0v) is 15.2. The van der Waals surface area contributed by atoms with E-state index in [0.29, 0.717) is 17.7 Å². The summed E-state index contributed by atoms with van der Waals surface area (Å²) in [5, 5.41) is 2.55. The van der Waals surface area contributed by atoms with E-state index in [-0.39, 0.29) is 24.9 Å². The SMILES string of the molecule is CCC(C(=O)NC)N(Cc1ccc(F)cc1)C(=O)COc1ccc(F)cc1. The van der Waals surface area contributed by atoms with Crippen molar-refractivity contribution in [3.63, 3.8) is 0 Å². The lowest BCUT2D eigenvalue weighted by atomic mass is 10.1. The van der Waals surface area contributed by atoms with Gasteiger partial charge >= 0.3 is 0 Å². The van der Waals surface area contributed by atoms with E-state index in [4.69, 9.17) is 4.74 Å². The minimum atomic E-state index is -0.690. The van der Waals surface area contributed by atoms with Gasteiger partial charge in [0.2, 0.25) is 5.91 Å². The minimum absolute atomic E-state index is 0.137. The highest BCUT2D eigenvalue weighted by Gasteiger charge is 2.28. The molecule has 0 spiro atoms. The van der Waals surface area contributed by atoms with Crippen LogP contribution in [0.4, 0.5) is 8.78 Å². The fraction of sp³-hybridized carbons (Fsp3) is 0.300.